The summed E-state index contributed by atoms with van der Waals surface area (Å²) >= 11 is 6.25. The number of rotatable bonds is 4. The highest BCUT2D eigenvalue weighted by Crippen LogP contribution is 2.22. The molecule has 5 heteroatoms. The van der Waals surface area contributed by atoms with Gasteiger partial charge in [0.1, 0.15) is 11.8 Å². The molecule has 0 aliphatic carbocycles. The quantitative estimate of drug-likeness (QED) is 0.263. The van der Waals surface area contributed by atoms with Crippen LogP contribution < -0.4 is 0 Å². The number of hydrogen-bond donors (Lipinski definition) is 0. The smallest absolute Gasteiger partial charge is 0.331 e. The van der Waals surface area contributed by atoms with Crippen LogP contribution in [0.1, 0.15) is 16.7 Å². The van der Waals surface area contributed by atoms with Crippen LogP contribution >= 0.6 is 11.6 Å². The molecule has 0 saturated heterocycles. The standard InChI is InChI=1S/C23H17ClN2O2/c1-15-7-8-18-13-19(23(24)26-20(18)12-15)14-28-21(27)10-9-17-5-2-4-16-6-3-11-25-22(16)17/h2-13H,14H2,1H3/b10-9+. The molecule has 0 bridgehead atoms. The van der Waals surface area contributed by atoms with Gasteiger partial charge in [0.15, 0.2) is 0 Å². The second-order valence-corrected chi connectivity index (χ2v) is 6.86. The van der Waals surface area contributed by atoms with Crippen molar-refractivity contribution >= 4 is 45.5 Å². The van der Waals surface area contributed by atoms with Crippen LogP contribution in [-0.2, 0) is 16.1 Å². The van der Waals surface area contributed by atoms with Crippen molar-refractivity contribution in [1.29, 1.82) is 0 Å². The predicted molar refractivity (Wildman–Crippen MR) is 112 cm³/mol. The molecule has 0 fully saturated rings. The Kier molecular flexibility index (Phi) is 5.04. The van der Waals surface area contributed by atoms with Gasteiger partial charge < -0.3 is 4.74 Å². The predicted octanol–water partition coefficient (Wildman–Crippen LogP) is 5.50. The zero-order valence-corrected chi connectivity index (χ0v) is 16.0. The topological polar surface area (TPSA) is 52.1 Å². The summed E-state index contributed by atoms with van der Waals surface area (Å²) < 4.78 is 5.34. The number of aromatic nitrogens is 2. The molecule has 28 heavy (non-hydrogen) atoms. The first-order chi connectivity index (χ1) is 13.6. The van der Waals surface area contributed by atoms with Gasteiger partial charge in [0, 0.05) is 34.2 Å². The number of fused-ring (bicyclic) bond motifs is 2. The number of carbonyl (C=O) groups is 1. The summed E-state index contributed by atoms with van der Waals surface area (Å²) in [7, 11) is 0. The molecule has 4 nitrogen and oxygen atoms in total. The third-order valence-electron chi connectivity index (χ3n) is 4.43. The second kappa shape index (κ2) is 7.79. The molecule has 0 aliphatic rings. The lowest BCUT2D eigenvalue weighted by Gasteiger charge is -2.07. The number of para-hydroxylation sites is 1. The Morgan fingerprint density at radius 2 is 1.96 bits per heavy atom. The van der Waals surface area contributed by atoms with E-state index in [2.05, 4.69) is 9.97 Å². The highest BCUT2D eigenvalue weighted by Gasteiger charge is 2.08. The zero-order chi connectivity index (χ0) is 19.5. The minimum absolute atomic E-state index is 0.0621. The van der Waals surface area contributed by atoms with E-state index in [-0.39, 0.29) is 6.61 Å². The molecular formula is C23H17ClN2O2. The van der Waals surface area contributed by atoms with Gasteiger partial charge >= 0.3 is 5.97 Å². The van der Waals surface area contributed by atoms with Crippen molar-refractivity contribution in [2.45, 2.75) is 13.5 Å². The summed E-state index contributed by atoms with van der Waals surface area (Å²) in [5, 5.41) is 2.31. The Morgan fingerprint density at radius 1 is 1.11 bits per heavy atom. The van der Waals surface area contributed by atoms with Crippen LogP contribution in [0.5, 0.6) is 0 Å². The Balaban J connectivity index is 1.48. The molecule has 0 spiro atoms. The Bertz CT molecular complexity index is 1210. The number of carbonyl (C=O) groups excluding carboxylic acids is 1. The number of halogens is 1. The van der Waals surface area contributed by atoms with Crippen molar-refractivity contribution in [3.05, 3.63) is 88.7 Å². The second-order valence-electron chi connectivity index (χ2n) is 6.50. The Hall–Kier alpha value is -3.24. The van der Waals surface area contributed by atoms with Crippen LogP contribution in [0.4, 0.5) is 0 Å². The minimum Gasteiger partial charge on any atom is -0.458 e. The van der Waals surface area contributed by atoms with Gasteiger partial charge in [-0.2, -0.15) is 0 Å². The summed E-state index contributed by atoms with van der Waals surface area (Å²) in [6.07, 6.45) is 4.84. The molecule has 4 rings (SSSR count). The molecule has 0 unspecified atom stereocenters. The Labute approximate surface area is 167 Å². The van der Waals surface area contributed by atoms with E-state index in [4.69, 9.17) is 16.3 Å². The average Bonchev–Trinajstić information content (AvgIpc) is 2.70. The monoisotopic (exact) mass is 388 g/mol. The summed E-state index contributed by atoms with van der Waals surface area (Å²) in [6, 6.07) is 17.5. The molecule has 2 aromatic carbocycles. The first-order valence-corrected chi connectivity index (χ1v) is 9.22. The van der Waals surface area contributed by atoms with E-state index >= 15 is 0 Å². The lowest BCUT2D eigenvalue weighted by molar-refractivity contribution is -0.138. The lowest BCUT2D eigenvalue weighted by Crippen LogP contribution is -2.02. The fourth-order valence-electron chi connectivity index (χ4n) is 3.02. The molecule has 0 N–H and O–H groups in total. The van der Waals surface area contributed by atoms with Gasteiger partial charge in [-0.15, -0.1) is 0 Å². The van der Waals surface area contributed by atoms with E-state index in [0.29, 0.717) is 10.7 Å². The van der Waals surface area contributed by atoms with E-state index in [1.165, 1.54) is 6.08 Å². The summed E-state index contributed by atoms with van der Waals surface area (Å²) in [5.41, 5.74) is 4.31. The lowest BCUT2D eigenvalue weighted by atomic mass is 10.1. The van der Waals surface area contributed by atoms with Crippen molar-refractivity contribution in [3.8, 4) is 0 Å². The van der Waals surface area contributed by atoms with Crippen molar-refractivity contribution in [2.75, 3.05) is 0 Å². The number of hydrogen-bond acceptors (Lipinski definition) is 4. The number of pyridine rings is 2. The average molecular weight is 389 g/mol. The fourth-order valence-corrected chi connectivity index (χ4v) is 3.22. The van der Waals surface area contributed by atoms with Crippen LogP contribution in [-0.4, -0.2) is 15.9 Å². The van der Waals surface area contributed by atoms with Crippen LogP contribution in [0.25, 0.3) is 27.9 Å². The van der Waals surface area contributed by atoms with Crippen molar-refractivity contribution < 1.29 is 9.53 Å². The molecule has 138 valence electrons. The van der Waals surface area contributed by atoms with Gasteiger partial charge in [0.25, 0.3) is 0 Å². The van der Waals surface area contributed by atoms with Crippen molar-refractivity contribution in [1.82, 2.24) is 9.97 Å². The third-order valence-corrected chi connectivity index (χ3v) is 4.76. The van der Waals surface area contributed by atoms with E-state index in [0.717, 1.165) is 32.9 Å². The van der Waals surface area contributed by atoms with E-state index in [9.17, 15) is 4.79 Å². The van der Waals surface area contributed by atoms with Crippen LogP contribution in [0.3, 0.4) is 0 Å². The summed E-state index contributed by atoms with van der Waals surface area (Å²) in [4.78, 5) is 20.9. The van der Waals surface area contributed by atoms with Gasteiger partial charge in [-0.3, -0.25) is 4.98 Å². The highest BCUT2D eigenvalue weighted by atomic mass is 35.5. The number of aryl methyl sites for hydroxylation is 1. The fraction of sp³-hybridized carbons (Fsp3) is 0.0870. The third kappa shape index (κ3) is 3.87. The van der Waals surface area contributed by atoms with Crippen LogP contribution in [0.15, 0.2) is 66.9 Å². The maximum atomic E-state index is 12.2. The van der Waals surface area contributed by atoms with Gasteiger partial charge in [-0.05, 0) is 36.8 Å². The van der Waals surface area contributed by atoms with Crippen LogP contribution in [0, 0.1) is 6.92 Å². The number of esters is 1. The van der Waals surface area contributed by atoms with E-state index in [1.54, 1.807) is 12.3 Å². The number of ether oxygens (including phenoxy) is 1. The molecule has 2 heterocycles. The normalized spacial score (nSPS) is 11.4. The van der Waals surface area contributed by atoms with Gasteiger partial charge in [0.05, 0.1) is 11.0 Å². The summed E-state index contributed by atoms with van der Waals surface area (Å²) in [5.74, 6) is -0.451. The first kappa shape index (κ1) is 18.1. The number of nitrogens with zero attached hydrogens (tertiary/aromatic N) is 2. The van der Waals surface area contributed by atoms with Gasteiger partial charge in [0.2, 0.25) is 0 Å². The van der Waals surface area contributed by atoms with Crippen LogP contribution in [0.2, 0.25) is 5.15 Å². The van der Waals surface area contributed by atoms with Gasteiger partial charge in [-0.1, -0.05) is 48.0 Å². The van der Waals surface area contributed by atoms with E-state index < -0.39 is 5.97 Å². The molecule has 2 aromatic heterocycles. The largest absolute Gasteiger partial charge is 0.458 e. The maximum absolute atomic E-state index is 12.2. The van der Waals surface area contributed by atoms with Gasteiger partial charge in [-0.25, -0.2) is 9.78 Å². The van der Waals surface area contributed by atoms with Crippen molar-refractivity contribution in [2.24, 2.45) is 0 Å². The highest BCUT2D eigenvalue weighted by molar-refractivity contribution is 6.30. The molecule has 4 aromatic rings. The Morgan fingerprint density at radius 3 is 2.86 bits per heavy atom. The maximum Gasteiger partial charge on any atom is 0.331 e. The minimum atomic E-state index is -0.451. The van der Waals surface area contributed by atoms with Crippen molar-refractivity contribution in [3.63, 3.8) is 0 Å². The SMILES string of the molecule is Cc1ccc2cc(COC(=O)/C=C/c3cccc4cccnc34)c(Cl)nc2c1. The molecular weight excluding hydrogens is 372 g/mol. The zero-order valence-electron chi connectivity index (χ0n) is 15.2. The number of benzene rings is 2. The first-order valence-electron chi connectivity index (χ1n) is 8.84. The van der Waals surface area contributed by atoms with E-state index in [1.807, 2.05) is 61.5 Å². The molecule has 0 radical (unpaired) electrons. The molecule has 0 amide bonds. The molecule has 0 saturated carbocycles. The molecule has 0 aliphatic heterocycles. The molecule has 0 atom stereocenters. The summed E-state index contributed by atoms with van der Waals surface area (Å²) in [6.45, 7) is 2.06.